The van der Waals surface area contributed by atoms with Crippen molar-refractivity contribution in [2.24, 2.45) is 0 Å². The number of carbonyl (C=O) groups is 3. The summed E-state index contributed by atoms with van der Waals surface area (Å²) in [5.74, 6) is -3.35. The van der Waals surface area contributed by atoms with Crippen molar-refractivity contribution in [3.63, 3.8) is 0 Å². The summed E-state index contributed by atoms with van der Waals surface area (Å²) in [6.45, 7) is 8.33. The first-order chi connectivity index (χ1) is 17.0. The molecule has 0 saturated heterocycles. The Kier molecular flexibility index (Phi) is 9.90. The maximum absolute atomic E-state index is 13.5. The van der Waals surface area contributed by atoms with Gasteiger partial charge >= 0.3 is 6.18 Å². The van der Waals surface area contributed by atoms with Gasteiger partial charge in [-0.25, -0.2) is 0 Å². The molecule has 0 bridgehead atoms. The average Bonchev–Trinajstić information content (AvgIpc) is 2.74. The Hall–Kier alpha value is -2.92. The molecule has 2 rings (SSSR count). The fraction of sp³-hybridized carbons (Fsp3) is 0.400. The maximum Gasteiger partial charge on any atom is 0.417 e. The number of alkyl halides is 3. The van der Waals surface area contributed by atoms with Crippen molar-refractivity contribution in [3.05, 3.63) is 58.6 Å². The first-order valence-electron chi connectivity index (χ1n) is 11.2. The van der Waals surface area contributed by atoms with Crippen LogP contribution in [0.4, 0.5) is 24.5 Å². The van der Waals surface area contributed by atoms with Crippen LogP contribution in [-0.2, 0) is 31.4 Å². The van der Waals surface area contributed by atoms with E-state index in [-0.39, 0.29) is 5.69 Å². The molecule has 12 heteroatoms. The second kappa shape index (κ2) is 12.1. The van der Waals surface area contributed by atoms with Crippen molar-refractivity contribution >= 4 is 51.5 Å². The molecular weight excluding hydrogens is 531 g/mol. The van der Waals surface area contributed by atoms with Gasteiger partial charge in [-0.2, -0.15) is 13.2 Å². The van der Waals surface area contributed by atoms with Gasteiger partial charge in [-0.05, 0) is 65.0 Å². The summed E-state index contributed by atoms with van der Waals surface area (Å²) in [4.78, 5) is 39.1. The van der Waals surface area contributed by atoms with Crippen molar-refractivity contribution in [3.8, 4) is 0 Å². The number of nitrogens with one attached hydrogen (secondary N) is 2. The lowest BCUT2D eigenvalue weighted by Gasteiger charge is -2.31. The maximum atomic E-state index is 13.5. The first kappa shape index (κ1) is 30.3. The minimum absolute atomic E-state index is 0.251. The summed E-state index contributed by atoms with van der Waals surface area (Å²) in [6, 6.07) is 8.43. The van der Waals surface area contributed by atoms with Crippen LogP contribution in [0.25, 0.3) is 0 Å². The third-order valence-corrected chi connectivity index (χ3v) is 6.46. The van der Waals surface area contributed by atoms with Crippen LogP contribution < -0.4 is 15.5 Å². The van der Waals surface area contributed by atoms with Gasteiger partial charge in [0, 0.05) is 27.7 Å². The molecular formula is C25H29ClF3N3O4S. The monoisotopic (exact) mass is 559 g/mol. The molecule has 3 amide bonds. The highest BCUT2D eigenvalue weighted by Gasteiger charge is 2.36. The smallest absolute Gasteiger partial charge is 0.350 e. The number of halogens is 4. The molecule has 0 aliphatic carbocycles. The van der Waals surface area contributed by atoms with Gasteiger partial charge in [0.05, 0.1) is 10.6 Å². The number of rotatable bonds is 8. The fourth-order valence-electron chi connectivity index (χ4n) is 3.29. The number of aryl methyl sites for hydroxylation is 1. The third kappa shape index (κ3) is 9.15. The SMILES string of the molecule is Cc1ccc(NC(=O)C[S@](=O)CC(=O)N(c2ccc(Cl)c(C(F)(F)F)c2)[C@@H](C)C(=O)NC(C)(C)C)cc1. The van der Waals surface area contributed by atoms with Crippen molar-refractivity contribution in [2.75, 3.05) is 21.7 Å². The van der Waals surface area contributed by atoms with Gasteiger partial charge in [-0.15, -0.1) is 0 Å². The summed E-state index contributed by atoms with van der Waals surface area (Å²) in [7, 11) is -2.01. The highest BCUT2D eigenvalue weighted by atomic mass is 35.5. The van der Waals surface area contributed by atoms with Gasteiger partial charge in [-0.3, -0.25) is 23.5 Å². The van der Waals surface area contributed by atoms with E-state index in [0.29, 0.717) is 11.8 Å². The lowest BCUT2D eigenvalue weighted by molar-refractivity contribution is -0.137. The Balaban J connectivity index is 2.29. The largest absolute Gasteiger partial charge is 0.417 e. The lowest BCUT2D eigenvalue weighted by atomic mass is 10.1. The van der Waals surface area contributed by atoms with Crippen LogP contribution in [0.15, 0.2) is 42.5 Å². The van der Waals surface area contributed by atoms with Crippen LogP contribution in [0.2, 0.25) is 5.02 Å². The van der Waals surface area contributed by atoms with E-state index in [2.05, 4.69) is 10.6 Å². The van der Waals surface area contributed by atoms with E-state index in [0.717, 1.165) is 16.5 Å². The zero-order valence-electron chi connectivity index (χ0n) is 21.0. The number of amides is 3. The van der Waals surface area contributed by atoms with E-state index >= 15 is 0 Å². The van der Waals surface area contributed by atoms with Crippen LogP contribution in [0.5, 0.6) is 0 Å². The predicted molar refractivity (Wildman–Crippen MR) is 139 cm³/mol. The first-order valence-corrected chi connectivity index (χ1v) is 13.1. The Bertz CT molecular complexity index is 1180. The highest BCUT2D eigenvalue weighted by molar-refractivity contribution is 7.86. The topological polar surface area (TPSA) is 95.6 Å². The minimum atomic E-state index is -4.81. The Labute approximate surface area is 221 Å². The Morgan fingerprint density at radius 2 is 1.62 bits per heavy atom. The summed E-state index contributed by atoms with van der Waals surface area (Å²) in [5.41, 5.74) is -0.666. The number of hydrogen-bond acceptors (Lipinski definition) is 4. The molecule has 0 heterocycles. The number of benzene rings is 2. The molecule has 37 heavy (non-hydrogen) atoms. The molecule has 2 aromatic carbocycles. The van der Waals surface area contributed by atoms with E-state index in [1.54, 1.807) is 45.0 Å². The number of nitrogens with zero attached hydrogens (tertiary/aromatic N) is 1. The van der Waals surface area contributed by atoms with Crippen LogP contribution in [-0.4, -0.2) is 45.0 Å². The van der Waals surface area contributed by atoms with Crippen molar-refractivity contribution < 1.29 is 31.8 Å². The normalized spacial score (nSPS) is 13.4. The lowest BCUT2D eigenvalue weighted by Crippen LogP contribution is -2.53. The molecule has 0 saturated carbocycles. The molecule has 2 atom stereocenters. The predicted octanol–water partition coefficient (Wildman–Crippen LogP) is 4.69. The second-order valence-electron chi connectivity index (χ2n) is 9.48. The summed E-state index contributed by atoms with van der Waals surface area (Å²) in [6.07, 6.45) is -4.81. The van der Waals surface area contributed by atoms with Crippen LogP contribution >= 0.6 is 11.6 Å². The zero-order chi connectivity index (χ0) is 28.1. The van der Waals surface area contributed by atoms with Crippen LogP contribution in [0.1, 0.15) is 38.8 Å². The van der Waals surface area contributed by atoms with Gasteiger partial charge in [0.1, 0.15) is 17.5 Å². The summed E-state index contributed by atoms with van der Waals surface area (Å²) in [5, 5.41) is 4.67. The number of carbonyl (C=O) groups excluding carboxylic acids is 3. The molecule has 0 spiro atoms. The van der Waals surface area contributed by atoms with E-state index in [4.69, 9.17) is 11.6 Å². The molecule has 0 radical (unpaired) electrons. The molecule has 2 aromatic rings. The third-order valence-electron chi connectivity index (χ3n) is 4.98. The van der Waals surface area contributed by atoms with Crippen LogP contribution in [0, 0.1) is 6.92 Å². The van der Waals surface area contributed by atoms with Gasteiger partial charge in [0.25, 0.3) is 0 Å². The van der Waals surface area contributed by atoms with E-state index in [1.165, 1.54) is 13.0 Å². The minimum Gasteiger partial charge on any atom is -0.350 e. The molecule has 0 unspecified atom stereocenters. The standard InChI is InChI=1S/C25H29ClF3N3O4S/c1-15-6-8-17(9-7-15)30-21(33)13-37(36)14-22(34)32(16(2)23(35)31-24(3,4)5)18-10-11-20(26)19(12-18)25(27,28)29/h6-12,16H,13-14H2,1-5H3,(H,30,33)(H,31,35)/t16-,37-/m0/s1. The molecule has 0 aliphatic rings. The van der Waals surface area contributed by atoms with Gasteiger partial charge < -0.3 is 10.6 Å². The fourth-order valence-corrected chi connectivity index (χ4v) is 4.40. The molecule has 202 valence electrons. The quantitative estimate of drug-likeness (QED) is 0.490. The zero-order valence-corrected chi connectivity index (χ0v) is 22.6. The summed E-state index contributed by atoms with van der Waals surface area (Å²) >= 11 is 5.72. The summed E-state index contributed by atoms with van der Waals surface area (Å²) < 4.78 is 53.1. The Morgan fingerprint density at radius 3 is 2.16 bits per heavy atom. The second-order valence-corrected chi connectivity index (χ2v) is 11.3. The molecule has 2 N–H and O–H groups in total. The molecule has 0 fully saturated rings. The van der Waals surface area contributed by atoms with Gasteiger partial charge in [-0.1, -0.05) is 29.3 Å². The molecule has 0 aliphatic heterocycles. The van der Waals surface area contributed by atoms with E-state index in [9.17, 15) is 31.8 Å². The number of hydrogen-bond donors (Lipinski definition) is 2. The molecule has 7 nitrogen and oxygen atoms in total. The van der Waals surface area contributed by atoms with Crippen molar-refractivity contribution in [2.45, 2.75) is 52.4 Å². The van der Waals surface area contributed by atoms with Crippen molar-refractivity contribution in [1.29, 1.82) is 0 Å². The van der Waals surface area contributed by atoms with E-state index < -0.39 is 68.4 Å². The number of anilines is 2. The van der Waals surface area contributed by atoms with Gasteiger partial charge in [0.2, 0.25) is 17.7 Å². The average molecular weight is 560 g/mol. The highest BCUT2D eigenvalue weighted by Crippen LogP contribution is 2.37. The van der Waals surface area contributed by atoms with Crippen molar-refractivity contribution in [1.82, 2.24) is 5.32 Å². The van der Waals surface area contributed by atoms with Crippen LogP contribution in [0.3, 0.4) is 0 Å². The van der Waals surface area contributed by atoms with E-state index in [1.807, 2.05) is 6.92 Å². The Morgan fingerprint density at radius 1 is 1.03 bits per heavy atom. The molecule has 0 aromatic heterocycles. The van der Waals surface area contributed by atoms with Gasteiger partial charge in [0.15, 0.2) is 0 Å².